The molecule has 0 heterocycles. The molecule has 0 atom stereocenters. The van der Waals surface area contributed by atoms with Crippen LogP contribution in [0.4, 0.5) is 0 Å². The Kier molecular flexibility index (Phi) is 3.06. The average Bonchev–Trinajstić information content (AvgIpc) is 3.09. The zero-order valence-corrected chi connectivity index (χ0v) is 9.95. The van der Waals surface area contributed by atoms with E-state index in [0.717, 1.165) is 24.5 Å². The minimum absolute atomic E-state index is 0.319. The van der Waals surface area contributed by atoms with Crippen LogP contribution in [-0.2, 0) is 6.42 Å². The Balaban J connectivity index is 2.26. The van der Waals surface area contributed by atoms with E-state index in [1.165, 1.54) is 18.4 Å². The second kappa shape index (κ2) is 4.34. The number of rotatable bonds is 5. The van der Waals surface area contributed by atoms with Gasteiger partial charge < -0.3 is 15.2 Å². The molecular weight excluding hydrogens is 202 g/mol. The van der Waals surface area contributed by atoms with E-state index in [0.29, 0.717) is 5.41 Å². The number of hydrogen-bond donors (Lipinski definition) is 1. The highest BCUT2D eigenvalue weighted by atomic mass is 16.5. The zero-order chi connectivity index (χ0) is 11.6. The predicted octanol–water partition coefficient (Wildman–Crippen LogP) is 1.99. The summed E-state index contributed by atoms with van der Waals surface area (Å²) in [7, 11) is 3.35. The lowest BCUT2D eigenvalue weighted by Crippen LogP contribution is -2.18. The molecule has 16 heavy (non-hydrogen) atoms. The molecule has 0 radical (unpaired) electrons. The van der Waals surface area contributed by atoms with Gasteiger partial charge in [-0.15, -0.1) is 0 Å². The van der Waals surface area contributed by atoms with Crippen LogP contribution >= 0.6 is 0 Å². The smallest absolute Gasteiger partial charge is 0.163 e. The fourth-order valence-corrected chi connectivity index (χ4v) is 2.13. The van der Waals surface area contributed by atoms with E-state index >= 15 is 0 Å². The van der Waals surface area contributed by atoms with Crippen LogP contribution in [-0.4, -0.2) is 20.8 Å². The first-order chi connectivity index (χ1) is 7.74. The number of benzene rings is 1. The number of para-hydroxylation sites is 1. The minimum atomic E-state index is 0.319. The standard InChI is InChI=1S/C13H19NO2/c1-15-11-5-3-4-10(12(11)16-2)8-13(9-14)6-7-13/h3-5H,6-9,14H2,1-2H3. The molecule has 0 amide bonds. The highest BCUT2D eigenvalue weighted by Crippen LogP contribution is 2.49. The van der Waals surface area contributed by atoms with Crippen molar-refractivity contribution in [2.45, 2.75) is 19.3 Å². The summed E-state index contributed by atoms with van der Waals surface area (Å²) in [5, 5.41) is 0. The van der Waals surface area contributed by atoms with Crippen molar-refractivity contribution in [2.75, 3.05) is 20.8 Å². The normalized spacial score (nSPS) is 16.9. The summed E-state index contributed by atoms with van der Waals surface area (Å²) in [6.45, 7) is 0.757. The molecular formula is C13H19NO2. The number of nitrogens with two attached hydrogens (primary N) is 1. The molecule has 1 aromatic rings. The van der Waals surface area contributed by atoms with Crippen molar-refractivity contribution < 1.29 is 9.47 Å². The number of methoxy groups -OCH3 is 2. The molecule has 1 saturated carbocycles. The molecule has 0 bridgehead atoms. The van der Waals surface area contributed by atoms with Crippen LogP contribution in [0.2, 0.25) is 0 Å². The molecule has 0 aromatic heterocycles. The van der Waals surface area contributed by atoms with Gasteiger partial charge in [0.1, 0.15) is 0 Å². The Hall–Kier alpha value is -1.22. The van der Waals surface area contributed by atoms with E-state index in [1.807, 2.05) is 12.1 Å². The average molecular weight is 221 g/mol. The van der Waals surface area contributed by atoms with Gasteiger partial charge in [0.15, 0.2) is 11.5 Å². The number of hydrogen-bond acceptors (Lipinski definition) is 3. The van der Waals surface area contributed by atoms with Gasteiger partial charge in [0, 0.05) is 0 Å². The summed E-state index contributed by atoms with van der Waals surface area (Å²) >= 11 is 0. The lowest BCUT2D eigenvalue weighted by atomic mass is 9.96. The molecule has 0 spiro atoms. The maximum atomic E-state index is 5.81. The first-order valence-corrected chi connectivity index (χ1v) is 5.64. The third kappa shape index (κ3) is 2.00. The highest BCUT2D eigenvalue weighted by molar-refractivity contribution is 5.47. The van der Waals surface area contributed by atoms with Gasteiger partial charge in [-0.05, 0) is 42.9 Å². The minimum Gasteiger partial charge on any atom is -0.493 e. The second-order valence-electron chi connectivity index (χ2n) is 4.53. The van der Waals surface area contributed by atoms with Crippen LogP contribution in [0.15, 0.2) is 18.2 Å². The van der Waals surface area contributed by atoms with E-state index in [1.54, 1.807) is 14.2 Å². The van der Waals surface area contributed by atoms with Gasteiger partial charge in [0.2, 0.25) is 0 Å². The predicted molar refractivity (Wildman–Crippen MR) is 64.0 cm³/mol. The van der Waals surface area contributed by atoms with E-state index < -0.39 is 0 Å². The Bertz CT molecular complexity index is 372. The van der Waals surface area contributed by atoms with Gasteiger partial charge in [-0.1, -0.05) is 12.1 Å². The fourth-order valence-electron chi connectivity index (χ4n) is 2.13. The van der Waals surface area contributed by atoms with Gasteiger partial charge in [-0.3, -0.25) is 0 Å². The van der Waals surface area contributed by atoms with Crippen LogP contribution in [0.25, 0.3) is 0 Å². The molecule has 1 aromatic carbocycles. The van der Waals surface area contributed by atoms with Crippen molar-refractivity contribution in [3.8, 4) is 11.5 Å². The molecule has 0 aliphatic heterocycles. The second-order valence-corrected chi connectivity index (χ2v) is 4.53. The van der Waals surface area contributed by atoms with Gasteiger partial charge in [-0.25, -0.2) is 0 Å². The zero-order valence-electron chi connectivity index (χ0n) is 9.95. The number of ether oxygens (including phenoxy) is 2. The summed E-state index contributed by atoms with van der Waals surface area (Å²) in [5.74, 6) is 1.65. The maximum absolute atomic E-state index is 5.81. The van der Waals surface area contributed by atoms with Crippen LogP contribution in [0.3, 0.4) is 0 Å². The van der Waals surface area contributed by atoms with Crippen molar-refractivity contribution in [3.05, 3.63) is 23.8 Å². The van der Waals surface area contributed by atoms with Gasteiger partial charge in [-0.2, -0.15) is 0 Å². The molecule has 3 nitrogen and oxygen atoms in total. The molecule has 2 rings (SSSR count). The summed E-state index contributed by atoms with van der Waals surface area (Å²) < 4.78 is 10.7. The van der Waals surface area contributed by atoms with Crippen LogP contribution in [0.1, 0.15) is 18.4 Å². The van der Waals surface area contributed by atoms with Crippen molar-refractivity contribution >= 4 is 0 Å². The van der Waals surface area contributed by atoms with Crippen LogP contribution in [0, 0.1) is 5.41 Å². The van der Waals surface area contributed by atoms with E-state index in [4.69, 9.17) is 15.2 Å². The third-order valence-electron chi connectivity index (χ3n) is 3.44. The van der Waals surface area contributed by atoms with Crippen molar-refractivity contribution in [1.29, 1.82) is 0 Å². The van der Waals surface area contributed by atoms with Crippen molar-refractivity contribution in [3.63, 3.8) is 0 Å². The highest BCUT2D eigenvalue weighted by Gasteiger charge is 2.41. The van der Waals surface area contributed by atoms with Crippen LogP contribution in [0.5, 0.6) is 11.5 Å². The van der Waals surface area contributed by atoms with E-state index in [-0.39, 0.29) is 0 Å². The first kappa shape index (κ1) is 11.3. The Morgan fingerprint density at radius 2 is 2.00 bits per heavy atom. The molecule has 0 saturated heterocycles. The van der Waals surface area contributed by atoms with E-state index in [2.05, 4.69) is 6.07 Å². The van der Waals surface area contributed by atoms with Gasteiger partial charge >= 0.3 is 0 Å². The lowest BCUT2D eigenvalue weighted by Gasteiger charge is -2.16. The molecule has 0 unspecified atom stereocenters. The SMILES string of the molecule is COc1cccc(CC2(CN)CC2)c1OC. The van der Waals surface area contributed by atoms with Crippen LogP contribution < -0.4 is 15.2 Å². The monoisotopic (exact) mass is 221 g/mol. The molecule has 1 aliphatic rings. The molecule has 1 fully saturated rings. The summed E-state index contributed by atoms with van der Waals surface area (Å²) in [6, 6.07) is 6.02. The topological polar surface area (TPSA) is 44.5 Å². The Morgan fingerprint density at radius 3 is 2.50 bits per heavy atom. The first-order valence-electron chi connectivity index (χ1n) is 5.64. The summed E-state index contributed by atoms with van der Waals surface area (Å²) in [4.78, 5) is 0. The van der Waals surface area contributed by atoms with E-state index in [9.17, 15) is 0 Å². The van der Waals surface area contributed by atoms with Crippen molar-refractivity contribution in [1.82, 2.24) is 0 Å². The Morgan fingerprint density at radius 1 is 1.25 bits per heavy atom. The molecule has 1 aliphatic carbocycles. The van der Waals surface area contributed by atoms with Crippen molar-refractivity contribution in [2.24, 2.45) is 11.1 Å². The lowest BCUT2D eigenvalue weighted by molar-refractivity contribution is 0.348. The Labute approximate surface area is 96.5 Å². The largest absolute Gasteiger partial charge is 0.493 e. The van der Waals surface area contributed by atoms with Gasteiger partial charge in [0.05, 0.1) is 14.2 Å². The van der Waals surface area contributed by atoms with Gasteiger partial charge in [0.25, 0.3) is 0 Å². The summed E-state index contributed by atoms with van der Waals surface area (Å²) in [5.41, 5.74) is 7.32. The third-order valence-corrected chi connectivity index (χ3v) is 3.44. The molecule has 88 valence electrons. The quantitative estimate of drug-likeness (QED) is 0.827. The maximum Gasteiger partial charge on any atom is 0.163 e. The molecule has 2 N–H and O–H groups in total. The fraction of sp³-hybridized carbons (Fsp3) is 0.538. The molecule has 3 heteroatoms. The summed E-state index contributed by atoms with van der Waals surface area (Å²) in [6.07, 6.45) is 3.44.